The molecule has 3 aromatic rings. The van der Waals surface area contributed by atoms with Gasteiger partial charge >= 0.3 is 0 Å². The lowest BCUT2D eigenvalue weighted by Gasteiger charge is -2.05. The number of nitrogens with one attached hydrogen (secondary N) is 1. The van der Waals surface area contributed by atoms with Crippen LogP contribution in [0, 0.1) is 0 Å². The molecule has 0 radical (unpaired) electrons. The van der Waals surface area contributed by atoms with Gasteiger partial charge in [0.25, 0.3) is 5.91 Å². The average molecular weight is 316 g/mol. The van der Waals surface area contributed by atoms with Crippen LogP contribution in [0.5, 0.6) is 0 Å². The van der Waals surface area contributed by atoms with Gasteiger partial charge in [0.2, 0.25) is 0 Å². The summed E-state index contributed by atoms with van der Waals surface area (Å²) in [6.07, 6.45) is 4.38. The fourth-order valence-corrected chi connectivity index (χ4v) is 2.21. The Bertz CT molecular complexity index is 844. The fourth-order valence-electron chi connectivity index (χ4n) is 2.21. The number of benzene rings is 2. The van der Waals surface area contributed by atoms with E-state index in [1.807, 2.05) is 49.4 Å². The minimum Gasteiger partial charge on any atom is -0.265 e. The van der Waals surface area contributed by atoms with Crippen LogP contribution in [-0.2, 0) is 0 Å². The summed E-state index contributed by atoms with van der Waals surface area (Å²) in [5, 5.41) is 4.12. The Hall–Kier alpha value is -3.34. The molecule has 24 heavy (non-hydrogen) atoms. The minimum atomic E-state index is -0.386. The number of amides is 1. The van der Waals surface area contributed by atoms with Crippen LogP contribution in [0.25, 0.3) is 11.1 Å². The first-order chi connectivity index (χ1) is 11.7. The van der Waals surface area contributed by atoms with Crippen LogP contribution in [0.2, 0.25) is 0 Å². The third-order valence-corrected chi connectivity index (χ3v) is 3.53. The molecule has 1 amide bonds. The number of rotatable bonds is 4. The van der Waals surface area contributed by atoms with Gasteiger partial charge in [-0.15, -0.1) is 0 Å². The number of hydrazone groups is 1. The number of carbonyl (C=O) groups is 1. The summed E-state index contributed by atoms with van der Waals surface area (Å²) in [5.41, 5.74) is 6.67. The first-order valence-corrected chi connectivity index (χ1v) is 7.50. The van der Waals surface area contributed by atoms with Gasteiger partial charge in [-0.3, -0.25) is 9.78 Å². The van der Waals surface area contributed by atoms with E-state index in [9.17, 15) is 4.79 Å². The first-order valence-electron chi connectivity index (χ1n) is 7.50. The molecule has 0 saturated carbocycles. The summed E-state index contributed by atoms with van der Waals surface area (Å²) < 4.78 is 0. The maximum Gasteiger partial charge on any atom is 0.291 e. The van der Waals surface area contributed by atoms with Crippen molar-refractivity contribution in [2.75, 3.05) is 0 Å². The molecule has 1 heterocycles. The number of nitrogens with zero attached hydrogens (tertiary/aromatic N) is 3. The molecule has 0 aliphatic carbocycles. The lowest BCUT2D eigenvalue weighted by molar-refractivity contribution is 0.0949. The van der Waals surface area contributed by atoms with Gasteiger partial charge in [0.05, 0.1) is 11.9 Å². The van der Waals surface area contributed by atoms with Gasteiger partial charge in [-0.2, -0.15) is 5.10 Å². The SMILES string of the molecule is C/C(=N\NC(=O)c1cnccn1)c1ccc(-c2ccccc2)cc1. The second-order valence-electron chi connectivity index (χ2n) is 5.17. The topological polar surface area (TPSA) is 67.2 Å². The minimum absolute atomic E-state index is 0.230. The van der Waals surface area contributed by atoms with Crippen LogP contribution in [0.1, 0.15) is 23.0 Å². The summed E-state index contributed by atoms with van der Waals surface area (Å²) in [4.78, 5) is 19.7. The van der Waals surface area contributed by atoms with Gasteiger partial charge in [-0.1, -0.05) is 54.6 Å². The fraction of sp³-hybridized carbons (Fsp3) is 0.0526. The highest BCUT2D eigenvalue weighted by molar-refractivity contribution is 6.00. The van der Waals surface area contributed by atoms with E-state index in [1.165, 1.54) is 18.6 Å². The number of hydrogen-bond acceptors (Lipinski definition) is 4. The van der Waals surface area contributed by atoms with Gasteiger partial charge in [-0.25, -0.2) is 10.4 Å². The second kappa shape index (κ2) is 7.28. The van der Waals surface area contributed by atoms with E-state index in [-0.39, 0.29) is 11.6 Å². The Kier molecular flexibility index (Phi) is 4.72. The Morgan fingerprint density at radius 2 is 1.67 bits per heavy atom. The normalized spacial score (nSPS) is 11.1. The van der Waals surface area contributed by atoms with Crippen molar-refractivity contribution >= 4 is 11.6 Å². The van der Waals surface area contributed by atoms with Crippen LogP contribution >= 0.6 is 0 Å². The molecule has 5 heteroatoms. The molecule has 1 N–H and O–H groups in total. The largest absolute Gasteiger partial charge is 0.291 e. The second-order valence-corrected chi connectivity index (χ2v) is 5.17. The molecule has 0 fully saturated rings. The van der Waals surface area contributed by atoms with Crippen molar-refractivity contribution in [3.8, 4) is 11.1 Å². The maximum atomic E-state index is 11.9. The monoisotopic (exact) mass is 316 g/mol. The van der Waals surface area contributed by atoms with Gasteiger partial charge in [-0.05, 0) is 23.6 Å². The van der Waals surface area contributed by atoms with Gasteiger partial charge in [0.15, 0.2) is 0 Å². The van der Waals surface area contributed by atoms with Crippen molar-refractivity contribution in [3.63, 3.8) is 0 Å². The van der Waals surface area contributed by atoms with Crippen molar-refractivity contribution in [2.24, 2.45) is 5.10 Å². The van der Waals surface area contributed by atoms with Crippen LogP contribution in [0.4, 0.5) is 0 Å². The molecule has 1 aromatic heterocycles. The lowest BCUT2D eigenvalue weighted by Crippen LogP contribution is -2.20. The summed E-state index contributed by atoms with van der Waals surface area (Å²) >= 11 is 0. The van der Waals surface area contributed by atoms with E-state index in [0.29, 0.717) is 5.71 Å². The number of hydrogen-bond donors (Lipinski definition) is 1. The third kappa shape index (κ3) is 3.70. The van der Waals surface area contributed by atoms with Crippen LogP contribution in [0.3, 0.4) is 0 Å². The zero-order valence-electron chi connectivity index (χ0n) is 13.2. The third-order valence-electron chi connectivity index (χ3n) is 3.53. The van der Waals surface area contributed by atoms with Crippen molar-refractivity contribution in [1.82, 2.24) is 15.4 Å². The van der Waals surface area contributed by atoms with E-state index in [4.69, 9.17) is 0 Å². The van der Waals surface area contributed by atoms with Gasteiger partial charge < -0.3 is 0 Å². The summed E-state index contributed by atoms with van der Waals surface area (Å²) in [5.74, 6) is -0.386. The molecular weight excluding hydrogens is 300 g/mol. The van der Waals surface area contributed by atoms with Crippen molar-refractivity contribution < 1.29 is 4.79 Å². The molecule has 0 atom stereocenters. The molecule has 118 valence electrons. The van der Waals surface area contributed by atoms with Crippen molar-refractivity contribution in [2.45, 2.75) is 6.92 Å². The van der Waals surface area contributed by atoms with E-state index in [0.717, 1.165) is 16.7 Å². The van der Waals surface area contributed by atoms with Crippen LogP contribution in [0.15, 0.2) is 78.3 Å². The van der Waals surface area contributed by atoms with Gasteiger partial charge in [0, 0.05) is 12.4 Å². The maximum absolute atomic E-state index is 11.9. The Balaban J connectivity index is 1.71. The van der Waals surface area contributed by atoms with E-state index >= 15 is 0 Å². The molecule has 0 bridgehead atoms. The van der Waals surface area contributed by atoms with Crippen molar-refractivity contribution in [1.29, 1.82) is 0 Å². The number of carbonyl (C=O) groups excluding carboxylic acids is 1. The van der Waals surface area contributed by atoms with Crippen molar-refractivity contribution in [3.05, 3.63) is 84.4 Å². The standard InChI is InChI=1S/C19H16N4O/c1-14(22-23-19(24)18-13-20-11-12-21-18)15-7-9-17(10-8-15)16-5-3-2-4-6-16/h2-13H,1H3,(H,23,24)/b22-14+. The summed E-state index contributed by atoms with van der Waals surface area (Å²) in [6.45, 7) is 1.84. The highest BCUT2D eigenvalue weighted by atomic mass is 16.2. The highest BCUT2D eigenvalue weighted by Gasteiger charge is 2.06. The zero-order valence-corrected chi connectivity index (χ0v) is 13.2. The van der Waals surface area contributed by atoms with Gasteiger partial charge in [0.1, 0.15) is 5.69 Å². The summed E-state index contributed by atoms with van der Waals surface area (Å²) in [6, 6.07) is 18.2. The van der Waals surface area contributed by atoms with Crippen LogP contribution in [-0.4, -0.2) is 21.6 Å². The molecule has 0 aliphatic heterocycles. The highest BCUT2D eigenvalue weighted by Crippen LogP contribution is 2.19. The van der Waals surface area contributed by atoms with E-state index < -0.39 is 0 Å². The molecule has 0 aliphatic rings. The molecular formula is C19H16N4O. The molecule has 0 unspecified atom stereocenters. The zero-order chi connectivity index (χ0) is 16.8. The molecule has 2 aromatic carbocycles. The Labute approximate surface area is 140 Å². The number of aromatic nitrogens is 2. The molecule has 3 rings (SSSR count). The van der Waals surface area contributed by atoms with Crippen LogP contribution < -0.4 is 5.43 Å². The molecule has 0 saturated heterocycles. The average Bonchev–Trinajstić information content (AvgIpc) is 2.67. The Morgan fingerprint density at radius 3 is 2.33 bits per heavy atom. The summed E-state index contributed by atoms with van der Waals surface area (Å²) in [7, 11) is 0. The van der Waals surface area contributed by atoms with E-state index in [1.54, 1.807) is 0 Å². The predicted octanol–water partition coefficient (Wildman–Crippen LogP) is 3.30. The quantitative estimate of drug-likeness (QED) is 0.593. The molecule has 0 spiro atoms. The van der Waals surface area contributed by atoms with E-state index in [2.05, 4.69) is 32.6 Å². The Morgan fingerprint density at radius 1 is 0.958 bits per heavy atom. The smallest absolute Gasteiger partial charge is 0.265 e. The molecule has 5 nitrogen and oxygen atoms in total. The first kappa shape index (κ1) is 15.6. The predicted molar refractivity (Wildman–Crippen MR) is 93.6 cm³/mol. The lowest BCUT2D eigenvalue weighted by atomic mass is 10.0.